The molecule has 84 valence electrons. The van der Waals surface area contributed by atoms with Crippen LogP contribution in [0.15, 0.2) is 12.5 Å². The van der Waals surface area contributed by atoms with Gasteiger partial charge in [0.15, 0.2) is 0 Å². The van der Waals surface area contributed by atoms with E-state index in [1.54, 1.807) is 0 Å². The number of carboxylic acid groups (broad SMARTS) is 1. The molecule has 0 amide bonds. The van der Waals surface area contributed by atoms with Gasteiger partial charge in [0, 0.05) is 18.2 Å². The highest BCUT2D eigenvalue weighted by Gasteiger charge is 2.58. The van der Waals surface area contributed by atoms with Gasteiger partial charge in [-0.2, -0.15) is 0 Å². The number of carbonyl (C=O) groups is 1. The maximum absolute atomic E-state index is 11.1. The molecule has 2 heterocycles. The predicted molar refractivity (Wildman–Crippen MR) is 56.3 cm³/mol. The molecular formula is C11H13N3O2. The third-order valence-electron chi connectivity index (χ3n) is 3.76. The van der Waals surface area contributed by atoms with Gasteiger partial charge in [-0.25, -0.2) is 14.8 Å². The van der Waals surface area contributed by atoms with E-state index in [0.29, 0.717) is 11.6 Å². The molecule has 16 heavy (non-hydrogen) atoms. The van der Waals surface area contributed by atoms with E-state index >= 15 is 0 Å². The molecule has 2 N–H and O–H groups in total. The van der Waals surface area contributed by atoms with Crippen LogP contribution < -0.4 is 5.32 Å². The molecule has 0 radical (unpaired) electrons. The summed E-state index contributed by atoms with van der Waals surface area (Å²) in [6.07, 6.45) is 5.02. The quantitative estimate of drug-likeness (QED) is 0.754. The lowest BCUT2D eigenvalue weighted by Gasteiger charge is -2.23. The van der Waals surface area contributed by atoms with Crippen LogP contribution >= 0.6 is 0 Å². The fourth-order valence-corrected chi connectivity index (χ4v) is 2.82. The van der Waals surface area contributed by atoms with Gasteiger partial charge in [-0.05, 0) is 25.3 Å². The summed E-state index contributed by atoms with van der Waals surface area (Å²) >= 11 is 0. The maximum Gasteiger partial charge on any atom is 0.339 e. The first-order chi connectivity index (χ1) is 7.74. The van der Waals surface area contributed by atoms with Crippen LogP contribution in [-0.2, 0) is 5.41 Å². The third-order valence-corrected chi connectivity index (χ3v) is 3.76. The summed E-state index contributed by atoms with van der Waals surface area (Å²) in [5.41, 5.74) is 0.940. The number of rotatable bonds is 2. The number of nitrogens with one attached hydrogen (secondary N) is 1. The van der Waals surface area contributed by atoms with Crippen LogP contribution in [0.2, 0.25) is 0 Å². The minimum atomic E-state index is -0.929. The van der Waals surface area contributed by atoms with E-state index in [1.807, 2.05) is 0 Å². The Morgan fingerprint density at radius 2 is 2.50 bits per heavy atom. The normalized spacial score (nSPS) is 31.9. The highest BCUT2D eigenvalue weighted by molar-refractivity contribution is 5.89. The van der Waals surface area contributed by atoms with Crippen LogP contribution in [-0.4, -0.2) is 34.1 Å². The number of hydrogen-bond acceptors (Lipinski definition) is 4. The van der Waals surface area contributed by atoms with Gasteiger partial charge in [-0.15, -0.1) is 0 Å². The second-order valence-corrected chi connectivity index (χ2v) is 4.61. The van der Waals surface area contributed by atoms with Crippen LogP contribution in [0.3, 0.4) is 0 Å². The zero-order valence-corrected chi connectivity index (χ0v) is 8.81. The fourth-order valence-electron chi connectivity index (χ4n) is 2.82. The summed E-state index contributed by atoms with van der Waals surface area (Å²) in [4.78, 5) is 19.1. The summed E-state index contributed by atoms with van der Waals surface area (Å²) in [5, 5.41) is 12.5. The zero-order chi connectivity index (χ0) is 11.2. The molecule has 5 heteroatoms. The van der Waals surface area contributed by atoms with E-state index in [4.69, 9.17) is 5.11 Å². The van der Waals surface area contributed by atoms with E-state index in [2.05, 4.69) is 15.3 Å². The average molecular weight is 219 g/mol. The Morgan fingerprint density at radius 3 is 3.25 bits per heavy atom. The second-order valence-electron chi connectivity index (χ2n) is 4.61. The van der Waals surface area contributed by atoms with Crippen molar-refractivity contribution < 1.29 is 9.90 Å². The van der Waals surface area contributed by atoms with Crippen molar-refractivity contribution >= 4 is 5.97 Å². The molecule has 1 aliphatic heterocycles. The Labute approximate surface area is 92.9 Å². The highest BCUT2D eigenvalue weighted by atomic mass is 16.4. The molecule has 5 nitrogen and oxygen atoms in total. The van der Waals surface area contributed by atoms with Crippen LogP contribution in [0.5, 0.6) is 0 Å². The predicted octanol–water partition coefficient (Wildman–Crippen LogP) is 0.426. The molecular weight excluding hydrogens is 206 g/mol. The summed E-state index contributed by atoms with van der Waals surface area (Å²) in [6.45, 7) is 1.87. The number of aromatic nitrogens is 2. The minimum Gasteiger partial charge on any atom is -0.478 e. The summed E-state index contributed by atoms with van der Waals surface area (Å²) in [7, 11) is 0. The molecule has 1 aromatic heterocycles. The molecule has 2 fully saturated rings. The number of piperidine rings is 1. The Morgan fingerprint density at radius 1 is 1.62 bits per heavy atom. The van der Waals surface area contributed by atoms with Gasteiger partial charge >= 0.3 is 5.97 Å². The van der Waals surface area contributed by atoms with Gasteiger partial charge in [0.05, 0.1) is 11.3 Å². The molecule has 2 aliphatic rings. The van der Waals surface area contributed by atoms with E-state index in [0.717, 1.165) is 25.9 Å². The first-order valence-corrected chi connectivity index (χ1v) is 5.48. The molecule has 2 atom stereocenters. The van der Waals surface area contributed by atoms with Gasteiger partial charge in [0.2, 0.25) is 0 Å². The number of fused-ring (bicyclic) bond motifs is 1. The van der Waals surface area contributed by atoms with E-state index < -0.39 is 5.97 Å². The van der Waals surface area contributed by atoms with Gasteiger partial charge in [0.25, 0.3) is 0 Å². The van der Waals surface area contributed by atoms with Crippen molar-refractivity contribution in [1.82, 2.24) is 15.3 Å². The van der Waals surface area contributed by atoms with E-state index in [-0.39, 0.29) is 11.0 Å². The third kappa shape index (κ3) is 1.24. The van der Waals surface area contributed by atoms with Crippen LogP contribution in [0.25, 0.3) is 0 Å². The summed E-state index contributed by atoms with van der Waals surface area (Å²) in [5.74, 6) is -0.331. The fraction of sp³-hybridized carbons (Fsp3) is 0.545. The van der Waals surface area contributed by atoms with Crippen molar-refractivity contribution in [3.63, 3.8) is 0 Å². The second kappa shape index (κ2) is 3.25. The number of nitrogens with zero attached hydrogens (tertiary/aromatic N) is 2. The van der Waals surface area contributed by atoms with E-state index in [9.17, 15) is 4.79 Å². The van der Waals surface area contributed by atoms with E-state index in [1.165, 1.54) is 12.5 Å². The lowest BCUT2D eigenvalue weighted by Crippen LogP contribution is -2.36. The van der Waals surface area contributed by atoms with Crippen molar-refractivity contribution in [3.05, 3.63) is 23.8 Å². The summed E-state index contributed by atoms with van der Waals surface area (Å²) in [6, 6.07) is 0. The average Bonchev–Trinajstić information content (AvgIpc) is 3.04. The largest absolute Gasteiger partial charge is 0.478 e. The van der Waals surface area contributed by atoms with Gasteiger partial charge in [-0.3, -0.25) is 0 Å². The van der Waals surface area contributed by atoms with Gasteiger partial charge in [0.1, 0.15) is 6.33 Å². The van der Waals surface area contributed by atoms with Crippen molar-refractivity contribution in [1.29, 1.82) is 0 Å². The molecule has 1 aromatic rings. The molecule has 1 aliphatic carbocycles. The zero-order valence-electron chi connectivity index (χ0n) is 8.81. The maximum atomic E-state index is 11.1. The smallest absolute Gasteiger partial charge is 0.339 e. The lowest BCUT2D eigenvalue weighted by atomic mass is 9.91. The standard InChI is InChI=1S/C11H13N3O2/c15-10(16)8-4-13-6-14-9(8)11-3-7(11)1-2-12-5-11/h4,6-7,12H,1-3,5H2,(H,15,16). The number of hydrogen-bond donors (Lipinski definition) is 2. The van der Waals surface area contributed by atoms with Crippen molar-refractivity contribution in [2.45, 2.75) is 18.3 Å². The van der Waals surface area contributed by atoms with Crippen molar-refractivity contribution in [2.24, 2.45) is 5.92 Å². The molecule has 0 bridgehead atoms. The first kappa shape index (κ1) is 9.72. The highest BCUT2D eigenvalue weighted by Crippen LogP contribution is 2.57. The molecule has 2 unspecified atom stereocenters. The van der Waals surface area contributed by atoms with Crippen LogP contribution in [0.1, 0.15) is 28.9 Å². The van der Waals surface area contributed by atoms with Crippen LogP contribution in [0.4, 0.5) is 0 Å². The Bertz CT molecular complexity index is 449. The van der Waals surface area contributed by atoms with Gasteiger partial charge in [-0.1, -0.05) is 0 Å². The molecule has 3 rings (SSSR count). The SMILES string of the molecule is O=C(O)c1cncnc1C12CNCCC1C2. The summed E-state index contributed by atoms with van der Waals surface area (Å²) < 4.78 is 0. The number of carboxylic acids is 1. The molecule has 1 saturated heterocycles. The first-order valence-electron chi connectivity index (χ1n) is 5.48. The Hall–Kier alpha value is -1.49. The minimum absolute atomic E-state index is 0.0328. The van der Waals surface area contributed by atoms with Crippen molar-refractivity contribution in [3.8, 4) is 0 Å². The monoisotopic (exact) mass is 219 g/mol. The van der Waals surface area contributed by atoms with Crippen molar-refractivity contribution in [2.75, 3.05) is 13.1 Å². The Balaban J connectivity index is 2.04. The molecule has 0 spiro atoms. The number of aromatic carboxylic acids is 1. The van der Waals surface area contributed by atoms with Gasteiger partial charge < -0.3 is 10.4 Å². The lowest BCUT2D eigenvalue weighted by molar-refractivity contribution is 0.0693. The topological polar surface area (TPSA) is 75.1 Å². The Kier molecular flexibility index (Phi) is 1.97. The molecule has 1 saturated carbocycles. The van der Waals surface area contributed by atoms with Crippen LogP contribution in [0, 0.1) is 5.92 Å². The molecule has 0 aromatic carbocycles.